The summed E-state index contributed by atoms with van der Waals surface area (Å²) >= 11 is 0. The second-order valence-corrected chi connectivity index (χ2v) is 8.52. The number of aromatic hydroxyl groups is 1. The van der Waals surface area contributed by atoms with Crippen molar-refractivity contribution in [1.82, 2.24) is 9.80 Å². The van der Waals surface area contributed by atoms with Crippen LogP contribution in [0, 0.1) is 18.3 Å². The molecule has 0 aromatic heterocycles. The molecule has 140 valence electrons. The quantitative estimate of drug-likeness (QED) is 0.906. The fraction of sp³-hybridized carbons (Fsp3) is 0.619. The number of phenolic OH excluding ortho intramolecular Hbond substituents is 1. The van der Waals surface area contributed by atoms with Crippen molar-refractivity contribution in [2.45, 2.75) is 45.4 Å². The highest BCUT2D eigenvalue weighted by Gasteiger charge is 2.44. The third-order valence-electron chi connectivity index (χ3n) is 6.34. The number of para-hydroxylation sites is 1. The molecule has 2 aliphatic heterocycles. The summed E-state index contributed by atoms with van der Waals surface area (Å²) in [6, 6.07) is 5.33. The van der Waals surface area contributed by atoms with Crippen LogP contribution in [-0.2, 0) is 4.79 Å². The molecule has 1 N–H and O–H groups in total. The molecule has 1 saturated carbocycles. The fourth-order valence-electron chi connectivity index (χ4n) is 4.60. The lowest BCUT2D eigenvalue weighted by Crippen LogP contribution is -2.55. The summed E-state index contributed by atoms with van der Waals surface area (Å²) in [5.74, 6) is 0.976. The Morgan fingerprint density at radius 3 is 2.85 bits per heavy atom. The Balaban J connectivity index is 1.50. The summed E-state index contributed by atoms with van der Waals surface area (Å²) < 4.78 is 0. The highest BCUT2D eigenvalue weighted by Crippen LogP contribution is 2.41. The number of hydrogen-bond acceptors (Lipinski definition) is 3. The molecular weight excluding hydrogens is 328 g/mol. The van der Waals surface area contributed by atoms with Gasteiger partial charge in [0.15, 0.2) is 0 Å². The van der Waals surface area contributed by atoms with Gasteiger partial charge in [-0.2, -0.15) is 0 Å². The average molecular weight is 356 g/mol. The van der Waals surface area contributed by atoms with E-state index in [-0.39, 0.29) is 23.0 Å². The summed E-state index contributed by atoms with van der Waals surface area (Å²) in [4.78, 5) is 29.3. The van der Waals surface area contributed by atoms with E-state index >= 15 is 0 Å². The SMILES string of the molecule is Cc1cccc(C(=O)N2CCC[C@]3(CCC(=O)N(CC4CC4)C3)C2)c1O. The van der Waals surface area contributed by atoms with Crippen molar-refractivity contribution in [2.24, 2.45) is 11.3 Å². The smallest absolute Gasteiger partial charge is 0.257 e. The lowest BCUT2D eigenvalue weighted by atomic mass is 9.73. The van der Waals surface area contributed by atoms with Gasteiger partial charge in [-0.3, -0.25) is 9.59 Å². The van der Waals surface area contributed by atoms with E-state index in [1.807, 2.05) is 24.0 Å². The van der Waals surface area contributed by atoms with Crippen LogP contribution in [0.25, 0.3) is 0 Å². The molecule has 3 fully saturated rings. The summed E-state index contributed by atoms with van der Waals surface area (Å²) in [6.45, 7) is 4.91. The van der Waals surface area contributed by atoms with Crippen molar-refractivity contribution < 1.29 is 14.7 Å². The van der Waals surface area contributed by atoms with E-state index in [0.717, 1.165) is 44.5 Å². The van der Waals surface area contributed by atoms with E-state index in [4.69, 9.17) is 0 Å². The van der Waals surface area contributed by atoms with Crippen LogP contribution in [0.3, 0.4) is 0 Å². The minimum atomic E-state index is -0.0871. The van der Waals surface area contributed by atoms with Gasteiger partial charge in [0.2, 0.25) is 5.91 Å². The molecule has 1 atom stereocenters. The maximum absolute atomic E-state index is 13.0. The predicted molar refractivity (Wildman–Crippen MR) is 99.0 cm³/mol. The Kier molecular flexibility index (Phi) is 4.41. The van der Waals surface area contributed by atoms with Gasteiger partial charge in [-0.15, -0.1) is 0 Å². The average Bonchev–Trinajstić information content (AvgIpc) is 3.44. The first-order valence-electron chi connectivity index (χ1n) is 9.83. The number of nitrogens with zero attached hydrogens (tertiary/aromatic N) is 2. The van der Waals surface area contributed by atoms with Crippen LogP contribution in [0.1, 0.15) is 54.4 Å². The molecule has 5 nitrogen and oxygen atoms in total. The number of amides is 2. The number of carbonyl (C=O) groups excluding carboxylic acids is 2. The predicted octanol–water partition coefficient (Wildman–Crippen LogP) is 2.96. The van der Waals surface area contributed by atoms with Gasteiger partial charge in [-0.25, -0.2) is 0 Å². The molecule has 1 spiro atoms. The molecule has 0 radical (unpaired) electrons. The molecule has 1 aromatic carbocycles. The number of phenols is 1. The number of benzene rings is 1. The number of aryl methyl sites for hydroxylation is 1. The molecule has 0 unspecified atom stereocenters. The first-order valence-corrected chi connectivity index (χ1v) is 9.83. The monoisotopic (exact) mass is 356 g/mol. The third kappa shape index (κ3) is 3.31. The van der Waals surface area contributed by atoms with Crippen LogP contribution in [0.4, 0.5) is 0 Å². The molecule has 1 aromatic rings. The lowest BCUT2D eigenvalue weighted by Gasteiger charge is -2.48. The minimum Gasteiger partial charge on any atom is -0.507 e. The maximum Gasteiger partial charge on any atom is 0.257 e. The first-order chi connectivity index (χ1) is 12.5. The Bertz CT molecular complexity index is 728. The number of piperidine rings is 2. The summed E-state index contributed by atoms with van der Waals surface area (Å²) in [6.07, 6.45) is 6.00. The maximum atomic E-state index is 13.0. The van der Waals surface area contributed by atoms with Crippen LogP contribution in [0.2, 0.25) is 0 Å². The second-order valence-electron chi connectivity index (χ2n) is 8.52. The number of likely N-dealkylation sites (tertiary alicyclic amines) is 2. The van der Waals surface area contributed by atoms with Crippen LogP contribution in [0.15, 0.2) is 18.2 Å². The first kappa shape index (κ1) is 17.4. The molecule has 2 saturated heterocycles. The van der Waals surface area contributed by atoms with E-state index < -0.39 is 0 Å². The molecule has 26 heavy (non-hydrogen) atoms. The molecule has 4 rings (SSSR count). The van der Waals surface area contributed by atoms with E-state index in [1.165, 1.54) is 12.8 Å². The van der Waals surface area contributed by atoms with E-state index in [1.54, 1.807) is 6.07 Å². The zero-order chi connectivity index (χ0) is 18.3. The van der Waals surface area contributed by atoms with Crippen molar-refractivity contribution in [3.8, 4) is 5.75 Å². The largest absolute Gasteiger partial charge is 0.507 e. The molecule has 3 aliphatic rings. The highest BCUT2D eigenvalue weighted by atomic mass is 16.3. The lowest BCUT2D eigenvalue weighted by molar-refractivity contribution is -0.139. The van der Waals surface area contributed by atoms with Gasteiger partial charge in [0.1, 0.15) is 5.75 Å². The fourth-order valence-corrected chi connectivity index (χ4v) is 4.60. The van der Waals surface area contributed by atoms with E-state index in [9.17, 15) is 14.7 Å². The number of carbonyl (C=O) groups is 2. The Morgan fingerprint density at radius 2 is 2.08 bits per heavy atom. The Labute approximate surface area is 155 Å². The van der Waals surface area contributed by atoms with Crippen LogP contribution in [-0.4, -0.2) is 52.9 Å². The molecular formula is C21H28N2O3. The van der Waals surface area contributed by atoms with Gasteiger partial charge >= 0.3 is 0 Å². The van der Waals surface area contributed by atoms with Crippen molar-refractivity contribution in [2.75, 3.05) is 26.2 Å². The standard InChI is InChI=1S/C21H28N2O3/c1-15-4-2-5-17(19(15)25)20(26)22-11-3-9-21(13-22)10-8-18(24)23(14-21)12-16-6-7-16/h2,4-5,16,25H,3,6-14H2,1H3/t21-/m0/s1. The number of hydrogen-bond donors (Lipinski definition) is 1. The van der Waals surface area contributed by atoms with E-state index in [0.29, 0.717) is 24.4 Å². The van der Waals surface area contributed by atoms with E-state index in [2.05, 4.69) is 4.90 Å². The van der Waals surface area contributed by atoms with Gasteiger partial charge in [0.25, 0.3) is 5.91 Å². The second kappa shape index (κ2) is 6.60. The number of rotatable bonds is 3. The van der Waals surface area contributed by atoms with Crippen molar-refractivity contribution in [1.29, 1.82) is 0 Å². The van der Waals surface area contributed by atoms with Gasteiger partial charge in [0, 0.05) is 38.0 Å². The molecule has 0 bridgehead atoms. The van der Waals surface area contributed by atoms with Crippen LogP contribution in [0.5, 0.6) is 5.75 Å². The molecule has 2 heterocycles. The van der Waals surface area contributed by atoms with Crippen LogP contribution >= 0.6 is 0 Å². The topological polar surface area (TPSA) is 60.9 Å². The third-order valence-corrected chi connectivity index (χ3v) is 6.34. The Morgan fingerprint density at radius 1 is 1.27 bits per heavy atom. The molecule has 1 aliphatic carbocycles. The van der Waals surface area contributed by atoms with Crippen molar-refractivity contribution in [3.63, 3.8) is 0 Å². The van der Waals surface area contributed by atoms with Gasteiger partial charge in [-0.1, -0.05) is 12.1 Å². The van der Waals surface area contributed by atoms with Gasteiger partial charge in [-0.05, 0) is 56.6 Å². The summed E-state index contributed by atoms with van der Waals surface area (Å²) in [7, 11) is 0. The van der Waals surface area contributed by atoms with Gasteiger partial charge < -0.3 is 14.9 Å². The normalized spacial score (nSPS) is 26.4. The molecule has 2 amide bonds. The van der Waals surface area contributed by atoms with Crippen molar-refractivity contribution >= 4 is 11.8 Å². The minimum absolute atomic E-state index is 0.0240. The zero-order valence-corrected chi connectivity index (χ0v) is 15.5. The van der Waals surface area contributed by atoms with Gasteiger partial charge in [0.05, 0.1) is 5.56 Å². The Hall–Kier alpha value is -2.04. The molecule has 5 heteroatoms. The van der Waals surface area contributed by atoms with Crippen LogP contribution < -0.4 is 0 Å². The van der Waals surface area contributed by atoms with Crippen molar-refractivity contribution in [3.05, 3.63) is 29.3 Å². The zero-order valence-electron chi connectivity index (χ0n) is 15.5. The summed E-state index contributed by atoms with van der Waals surface area (Å²) in [5.41, 5.74) is 1.14. The summed E-state index contributed by atoms with van der Waals surface area (Å²) in [5, 5.41) is 10.3. The highest BCUT2D eigenvalue weighted by molar-refractivity contribution is 5.97.